The van der Waals surface area contributed by atoms with E-state index >= 15 is 0 Å². The normalized spacial score (nSPS) is 16.8. The van der Waals surface area contributed by atoms with Crippen LogP contribution in [0.25, 0.3) is 0 Å². The van der Waals surface area contributed by atoms with Gasteiger partial charge in [-0.25, -0.2) is 4.79 Å². The van der Waals surface area contributed by atoms with Crippen molar-refractivity contribution < 1.29 is 10.0 Å². The molecule has 1 aliphatic heterocycles. The van der Waals surface area contributed by atoms with E-state index in [1.165, 1.54) is 0 Å². The van der Waals surface area contributed by atoms with Crippen LogP contribution in [0.2, 0.25) is 0 Å². The van der Waals surface area contributed by atoms with E-state index in [1.807, 2.05) is 30.3 Å². The van der Waals surface area contributed by atoms with Crippen molar-refractivity contribution in [2.45, 2.75) is 6.54 Å². The number of oxime groups is 1. The molecular weight excluding hydrogens is 270 g/mol. The van der Waals surface area contributed by atoms with Crippen LogP contribution in [0, 0.1) is 0 Å². The molecule has 1 saturated heterocycles. The van der Waals surface area contributed by atoms with Gasteiger partial charge in [0.1, 0.15) is 0 Å². The summed E-state index contributed by atoms with van der Waals surface area (Å²) in [5, 5.41) is 14.4. The molecule has 0 unspecified atom stereocenters. The van der Waals surface area contributed by atoms with Crippen molar-refractivity contribution in [1.29, 1.82) is 0 Å². The molecule has 0 aliphatic carbocycles. The number of nitrogens with two attached hydrogens (primary N) is 1. The smallest absolute Gasteiger partial charge is 0.317 e. The summed E-state index contributed by atoms with van der Waals surface area (Å²) < 4.78 is 0. The lowest BCUT2D eigenvalue weighted by molar-refractivity contribution is 0.148. The molecule has 2 rings (SSSR count). The van der Waals surface area contributed by atoms with E-state index in [-0.39, 0.29) is 11.9 Å². The van der Waals surface area contributed by atoms with Gasteiger partial charge in [0.05, 0.1) is 6.54 Å². The van der Waals surface area contributed by atoms with Gasteiger partial charge in [-0.3, -0.25) is 4.90 Å². The summed E-state index contributed by atoms with van der Waals surface area (Å²) in [5.74, 6) is 0.192. The van der Waals surface area contributed by atoms with Gasteiger partial charge in [-0.15, -0.1) is 0 Å². The third kappa shape index (κ3) is 4.64. The summed E-state index contributed by atoms with van der Waals surface area (Å²) in [6.07, 6.45) is 0. The van der Waals surface area contributed by atoms with Crippen molar-refractivity contribution in [2.24, 2.45) is 10.9 Å². The largest absolute Gasteiger partial charge is 0.409 e. The number of nitrogens with one attached hydrogen (secondary N) is 1. The zero-order valence-corrected chi connectivity index (χ0v) is 11.9. The van der Waals surface area contributed by atoms with Crippen LogP contribution in [0.3, 0.4) is 0 Å². The third-order valence-electron chi connectivity index (χ3n) is 3.46. The Hall–Kier alpha value is -2.28. The van der Waals surface area contributed by atoms with E-state index in [9.17, 15) is 4.79 Å². The Labute approximate surface area is 124 Å². The van der Waals surface area contributed by atoms with E-state index in [1.54, 1.807) is 4.90 Å². The van der Waals surface area contributed by atoms with Crippen LogP contribution in [0.4, 0.5) is 4.79 Å². The molecule has 21 heavy (non-hydrogen) atoms. The number of hydrogen-bond donors (Lipinski definition) is 3. The number of amidine groups is 1. The van der Waals surface area contributed by atoms with E-state index in [0.29, 0.717) is 26.2 Å². The average molecular weight is 291 g/mol. The van der Waals surface area contributed by atoms with Crippen LogP contribution < -0.4 is 11.1 Å². The number of carbonyl (C=O) groups excluding carboxylic acids is 1. The molecule has 1 aromatic carbocycles. The Morgan fingerprint density at radius 3 is 2.52 bits per heavy atom. The van der Waals surface area contributed by atoms with Gasteiger partial charge in [0.15, 0.2) is 5.84 Å². The maximum absolute atomic E-state index is 12.1. The van der Waals surface area contributed by atoms with Gasteiger partial charge in [0.2, 0.25) is 0 Å². The molecule has 1 aromatic rings. The van der Waals surface area contributed by atoms with E-state index in [0.717, 1.165) is 18.7 Å². The quantitative estimate of drug-likeness (QED) is 0.321. The molecule has 0 aromatic heterocycles. The van der Waals surface area contributed by atoms with Gasteiger partial charge in [0, 0.05) is 32.7 Å². The Morgan fingerprint density at radius 2 is 1.90 bits per heavy atom. The molecule has 1 fully saturated rings. The Kier molecular flexibility index (Phi) is 5.39. The number of carbonyl (C=O) groups is 1. The van der Waals surface area contributed by atoms with Gasteiger partial charge < -0.3 is 21.2 Å². The predicted molar refractivity (Wildman–Crippen MR) is 80.1 cm³/mol. The maximum Gasteiger partial charge on any atom is 0.317 e. The minimum atomic E-state index is -0.0534. The van der Waals surface area contributed by atoms with Crippen molar-refractivity contribution in [2.75, 3.05) is 32.7 Å². The van der Waals surface area contributed by atoms with Crippen LogP contribution >= 0.6 is 0 Å². The zero-order valence-electron chi connectivity index (χ0n) is 11.9. The summed E-state index contributed by atoms with van der Waals surface area (Å²) in [4.78, 5) is 15.9. The first-order chi connectivity index (χ1) is 10.2. The van der Waals surface area contributed by atoms with Crippen molar-refractivity contribution in [1.82, 2.24) is 15.1 Å². The van der Waals surface area contributed by atoms with Crippen LogP contribution in [0.5, 0.6) is 0 Å². The molecule has 1 heterocycles. The SMILES string of the molecule is N/C(CN1CCN(C(=O)NCc2ccccc2)CC1)=N/O. The number of amides is 2. The van der Waals surface area contributed by atoms with Gasteiger partial charge in [-0.05, 0) is 5.56 Å². The number of urea groups is 1. The van der Waals surface area contributed by atoms with E-state index in [2.05, 4.69) is 15.4 Å². The predicted octanol–water partition coefficient (Wildman–Crippen LogP) is 0.260. The summed E-state index contributed by atoms with van der Waals surface area (Å²) >= 11 is 0. The van der Waals surface area contributed by atoms with Gasteiger partial charge >= 0.3 is 6.03 Å². The van der Waals surface area contributed by atoms with Crippen molar-refractivity contribution >= 4 is 11.9 Å². The molecule has 0 radical (unpaired) electrons. The van der Waals surface area contributed by atoms with Crippen molar-refractivity contribution in [3.63, 3.8) is 0 Å². The second-order valence-corrected chi connectivity index (χ2v) is 5.00. The molecule has 1 aliphatic rings. The molecule has 4 N–H and O–H groups in total. The highest BCUT2D eigenvalue weighted by Gasteiger charge is 2.21. The van der Waals surface area contributed by atoms with Gasteiger partial charge in [0.25, 0.3) is 0 Å². The first-order valence-electron chi connectivity index (χ1n) is 6.94. The highest BCUT2D eigenvalue weighted by atomic mass is 16.4. The molecule has 114 valence electrons. The molecule has 0 atom stereocenters. The molecule has 0 bridgehead atoms. The zero-order chi connectivity index (χ0) is 15.1. The molecule has 7 heteroatoms. The number of benzene rings is 1. The Morgan fingerprint density at radius 1 is 1.24 bits per heavy atom. The summed E-state index contributed by atoms with van der Waals surface area (Å²) in [5.41, 5.74) is 6.56. The topological polar surface area (TPSA) is 94.2 Å². The Bertz CT molecular complexity index is 483. The lowest BCUT2D eigenvalue weighted by Gasteiger charge is -2.34. The van der Waals surface area contributed by atoms with Crippen LogP contribution in [-0.2, 0) is 6.54 Å². The minimum absolute atomic E-state index is 0.0534. The second-order valence-electron chi connectivity index (χ2n) is 5.00. The molecular formula is C14H21N5O2. The molecule has 0 spiro atoms. The van der Waals surface area contributed by atoms with Gasteiger partial charge in [-0.2, -0.15) is 0 Å². The summed E-state index contributed by atoms with van der Waals surface area (Å²) in [6, 6.07) is 9.76. The number of nitrogens with zero attached hydrogens (tertiary/aromatic N) is 3. The fraction of sp³-hybridized carbons (Fsp3) is 0.429. The minimum Gasteiger partial charge on any atom is -0.409 e. The lowest BCUT2D eigenvalue weighted by Crippen LogP contribution is -2.53. The Balaban J connectivity index is 1.73. The summed E-state index contributed by atoms with van der Waals surface area (Å²) in [6.45, 7) is 3.67. The molecule has 0 saturated carbocycles. The van der Waals surface area contributed by atoms with Gasteiger partial charge in [-0.1, -0.05) is 35.5 Å². The highest BCUT2D eigenvalue weighted by molar-refractivity contribution is 5.81. The lowest BCUT2D eigenvalue weighted by atomic mass is 10.2. The highest BCUT2D eigenvalue weighted by Crippen LogP contribution is 2.03. The van der Waals surface area contributed by atoms with Crippen molar-refractivity contribution in [3.05, 3.63) is 35.9 Å². The molecule has 2 amide bonds. The number of hydrogen-bond acceptors (Lipinski definition) is 4. The van der Waals surface area contributed by atoms with E-state index in [4.69, 9.17) is 10.9 Å². The third-order valence-corrected chi connectivity index (χ3v) is 3.46. The number of piperazine rings is 1. The molecule has 7 nitrogen and oxygen atoms in total. The summed E-state index contributed by atoms with van der Waals surface area (Å²) in [7, 11) is 0. The van der Waals surface area contributed by atoms with E-state index < -0.39 is 0 Å². The van der Waals surface area contributed by atoms with Crippen LogP contribution in [0.15, 0.2) is 35.5 Å². The second kappa shape index (κ2) is 7.49. The maximum atomic E-state index is 12.1. The average Bonchev–Trinajstić information content (AvgIpc) is 2.54. The first-order valence-corrected chi connectivity index (χ1v) is 6.94. The first kappa shape index (κ1) is 15.1. The fourth-order valence-corrected chi connectivity index (χ4v) is 2.26. The van der Waals surface area contributed by atoms with Crippen LogP contribution in [-0.4, -0.2) is 59.6 Å². The standard InChI is InChI=1S/C14H21N5O2/c15-13(17-21)11-18-6-8-19(9-7-18)14(20)16-10-12-4-2-1-3-5-12/h1-5,21H,6-11H2,(H2,15,17)(H,16,20). The number of rotatable bonds is 4. The van der Waals surface area contributed by atoms with Crippen LogP contribution in [0.1, 0.15) is 5.56 Å². The monoisotopic (exact) mass is 291 g/mol. The van der Waals surface area contributed by atoms with Crippen molar-refractivity contribution in [3.8, 4) is 0 Å². The fourth-order valence-electron chi connectivity index (χ4n) is 2.26.